The molecule has 1 fully saturated rings. The van der Waals surface area contributed by atoms with Crippen LogP contribution < -0.4 is 21.0 Å². The van der Waals surface area contributed by atoms with Crippen LogP contribution in [0.3, 0.4) is 0 Å². The van der Waals surface area contributed by atoms with Gasteiger partial charge in [0, 0.05) is 17.5 Å². The standard InChI is InChI=1S/C32H39N3O5/c1-5-21-19-27(34-35-29(36)28(22-12-8-6-9-13-22)33-30(37)40-31(2,3)4)38-26-20-25-23(18-24(21)26)14-17-32(39-25)15-10-7-11-16-32/h6,8-9,12-13,18-20,28H,5,7,10-11,14-17H2,1-4H3,(H,33,37)(H,35,36)/b34-27-/t28-/m0/s1. The fourth-order valence-electron chi connectivity index (χ4n) is 5.69. The number of nitrogens with one attached hydrogen (secondary N) is 2. The van der Waals surface area contributed by atoms with E-state index in [0.29, 0.717) is 11.1 Å². The molecule has 1 aliphatic heterocycles. The first-order valence-electron chi connectivity index (χ1n) is 14.3. The molecule has 2 aliphatic rings. The van der Waals surface area contributed by atoms with Gasteiger partial charge < -0.3 is 19.2 Å². The normalized spacial score (nSPS) is 17.6. The molecule has 212 valence electrons. The summed E-state index contributed by atoms with van der Waals surface area (Å²) in [6.45, 7) is 7.38. The van der Waals surface area contributed by atoms with Gasteiger partial charge in [-0.1, -0.05) is 43.7 Å². The van der Waals surface area contributed by atoms with Crippen molar-refractivity contribution < 1.29 is 23.5 Å². The maximum atomic E-state index is 13.3. The predicted octanol–water partition coefficient (Wildman–Crippen LogP) is 6.22. The molecule has 1 saturated carbocycles. The number of carbonyl (C=O) groups excluding carboxylic acids is 2. The quantitative estimate of drug-likeness (QED) is 0.371. The van der Waals surface area contributed by atoms with E-state index in [-0.39, 0.29) is 11.2 Å². The van der Waals surface area contributed by atoms with Crippen LogP contribution in [-0.2, 0) is 22.4 Å². The summed E-state index contributed by atoms with van der Waals surface area (Å²) in [6, 6.07) is 14.0. The Hall–Kier alpha value is -3.81. The highest BCUT2D eigenvalue weighted by atomic mass is 16.6. The minimum Gasteiger partial charge on any atom is -0.487 e. The van der Waals surface area contributed by atoms with Gasteiger partial charge in [-0.05, 0) is 88.5 Å². The second-order valence-corrected chi connectivity index (χ2v) is 11.8. The number of hydrogen-bond donors (Lipinski definition) is 2. The fraction of sp³-hybridized carbons (Fsp3) is 0.469. The Morgan fingerprint density at radius 2 is 1.80 bits per heavy atom. The van der Waals surface area contributed by atoms with E-state index >= 15 is 0 Å². The zero-order valence-corrected chi connectivity index (χ0v) is 23.8. The maximum Gasteiger partial charge on any atom is 0.408 e. The van der Waals surface area contributed by atoms with Crippen LogP contribution in [0.5, 0.6) is 5.75 Å². The number of hydrogen-bond acceptors (Lipinski definition) is 6. The minimum atomic E-state index is -1.00. The summed E-state index contributed by atoms with van der Waals surface area (Å²) in [5, 5.41) is 7.98. The number of rotatable bonds is 5. The Morgan fingerprint density at radius 1 is 1.05 bits per heavy atom. The van der Waals surface area contributed by atoms with Crippen molar-refractivity contribution in [2.24, 2.45) is 5.10 Å². The number of fused-ring (bicyclic) bond motifs is 2. The van der Waals surface area contributed by atoms with Crippen LogP contribution in [-0.4, -0.2) is 23.2 Å². The number of ether oxygens (including phenoxy) is 2. The van der Waals surface area contributed by atoms with Gasteiger partial charge in [-0.2, -0.15) is 0 Å². The van der Waals surface area contributed by atoms with Crippen LogP contribution >= 0.6 is 0 Å². The van der Waals surface area contributed by atoms with Gasteiger partial charge in [-0.15, -0.1) is 5.10 Å². The first-order valence-corrected chi connectivity index (χ1v) is 14.3. The van der Waals surface area contributed by atoms with Crippen LogP contribution in [0.15, 0.2) is 58.0 Å². The summed E-state index contributed by atoms with van der Waals surface area (Å²) in [4.78, 5) is 25.8. The lowest BCUT2D eigenvalue weighted by Crippen LogP contribution is -2.41. The van der Waals surface area contributed by atoms with E-state index in [1.165, 1.54) is 24.8 Å². The van der Waals surface area contributed by atoms with Crippen LogP contribution in [0.2, 0.25) is 0 Å². The predicted molar refractivity (Wildman–Crippen MR) is 153 cm³/mol. The highest BCUT2D eigenvalue weighted by Gasteiger charge is 2.37. The monoisotopic (exact) mass is 545 g/mol. The molecular weight excluding hydrogens is 506 g/mol. The number of alkyl carbamates (subject to hydrolysis) is 1. The van der Waals surface area contributed by atoms with Gasteiger partial charge in [0.25, 0.3) is 5.91 Å². The first kappa shape index (κ1) is 27.7. The Labute approximate surface area is 235 Å². The van der Waals surface area contributed by atoms with Crippen molar-refractivity contribution in [2.45, 2.75) is 96.3 Å². The van der Waals surface area contributed by atoms with E-state index in [1.54, 1.807) is 45.0 Å². The van der Waals surface area contributed by atoms with Crippen molar-refractivity contribution in [2.75, 3.05) is 0 Å². The summed E-state index contributed by atoms with van der Waals surface area (Å²) < 4.78 is 18.2. The number of aryl methyl sites for hydroxylation is 2. The SMILES string of the molecule is CCc1c/c(=N/NC(=O)[C@@H](NC(=O)OC(C)(C)C)c2ccccc2)oc2cc3c(cc12)CCC1(CCCCC1)O3. The average Bonchev–Trinajstić information content (AvgIpc) is 2.93. The van der Waals surface area contributed by atoms with E-state index < -0.39 is 23.6 Å². The third-order valence-corrected chi connectivity index (χ3v) is 7.68. The molecular formula is C32H39N3O5. The Balaban J connectivity index is 1.42. The lowest BCUT2D eigenvalue weighted by Gasteiger charge is -2.41. The lowest BCUT2D eigenvalue weighted by molar-refractivity contribution is -0.123. The number of amides is 2. The minimum absolute atomic E-state index is 0.0595. The summed E-state index contributed by atoms with van der Waals surface area (Å²) in [7, 11) is 0. The van der Waals surface area contributed by atoms with Gasteiger partial charge in [0.05, 0.1) is 0 Å². The smallest absolute Gasteiger partial charge is 0.408 e. The molecule has 0 bridgehead atoms. The van der Waals surface area contributed by atoms with E-state index in [1.807, 2.05) is 18.2 Å². The average molecular weight is 546 g/mol. The number of carbonyl (C=O) groups is 2. The Morgan fingerprint density at radius 3 is 2.50 bits per heavy atom. The fourth-order valence-corrected chi connectivity index (χ4v) is 5.69. The van der Waals surface area contributed by atoms with E-state index in [4.69, 9.17) is 13.9 Å². The largest absolute Gasteiger partial charge is 0.487 e. The molecule has 1 aromatic heterocycles. The van der Waals surface area contributed by atoms with Crippen molar-refractivity contribution in [3.05, 3.63) is 70.8 Å². The van der Waals surface area contributed by atoms with Gasteiger partial charge in [0.15, 0.2) is 0 Å². The second-order valence-electron chi connectivity index (χ2n) is 11.8. The molecule has 1 atom stereocenters. The van der Waals surface area contributed by atoms with Crippen LogP contribution in [0.25, 0.3) is 11.0 Å². The zero-order valence-electron chi connectivity index (χ0n) is 23.8. The molecule has 0 saturated heterocycles. The van der Waals surface area contributed by atoms with Gasteiger partial charge in [-0.25, -0.2) is 10.2 Å². The van der Waals surface area contributed by atoms with E-state index in [0.717, 1.165) is 48.8 Å². The number of nitrogens with zero attached hydrogens (tertiary/aromatic N) is 1. The summed E-state index contributed by atoms with van der Waals surface area (Å²) >= 11 is 0. The van der Waals surface area contributed by atoms with Crippen molar-refractivity contribution in [3.63, 3.8) is 0 Å². The third-order valence-electron chi connectivity index (χ3n) is 7.68. The molecule has 8 heteroatoms. The van der Waals surface area contributed by atoms with E-state index in [9.17, 15) is 9.59 Å². The van der Waals surface area contributed by atoms with Gasteiger partial charge in [-0.3, -0.25) is 4.79 Å². The van der Waals surface area contributed by atoms with Crippen molar-refractivity contribution in [1.29, 1.82) is 0 Å². The van der Waals surface area contributed by atoms with Gasteiger partial charge >= 0.3 is 6.09 Å². The van der Waals surface area contributed by atoms with Crippen molar-refractivity contribution in [1.82, 2.24) is 10.7 Å². The molecule has 3 aromatic rings. The highest BCUT2D eigenvalue weighted by Crippen LogP contribution is 2.43. The van der Waals surface area contributed by atoms with Crippen LogP contribution in [0, 0.1) is 0 Å². The van der Waals surface area contributed by atoms with Crippen LogP contribution in [0.1, 0.15) is 89.0 Å². The summed E-state index contributed by atoms with van der Waals surface area (Å²) in [5.41, 5.74) is 5.65. The molecule has 40 heavy (non-hydrogen) atoms. The van der Waals surface area contributed by atoms with Crippen molar-refractivity contribution in [3.8, 4) is 5.75 Å². The molecule has 0 radical (unpaired) electrons. The molecule has 2 amide bonds. The van der Waals surface area contributed by atoms with E-state index in [2.05, 4.69) is 28.8 Å². The van der Waals surface area contributed by atoms with Crippen LogP contribution in [0.4, 0.5) is 4.79 Å². The topological polar surface area (TPSA) is 102 Å². The second kappa shape index (κ2) is 11.4. The molecule has 5 rings (SSSR count). The molecule has 0 unspecified atom stereocenters. The zero-order chi connectivity index (χ0) is 28.3. The number of benzene rings is 2. The molecule has 1 spiro atoms. The van der Waals surface area contributed by atoms with Crippen molar-refractivity contribution >= 4 is 23.0 Å². The third kappa shape index (κ3) is 6.32. The summed E-state index contributed by atoms with van der Waals surface area (Å²) in [5.74, 6) is 0.372. The molecule has 2 aromatic carbocycles. The molecule has 8 nitrogen and oxygen atoms in total. The highest BCUT2D eigenvalue weighted by molar-refractivity contribution is 5.87. The molecule has 2 heterocycles. The maximum absolute atomic E-state index is 13.3. The Bertz CT molecular complexity index is 1450. The first-order chi connectivity index (χ1) is 19.1. The van der Waals surface area contributed by atoms with Gasteiger partial charge in [0.2, 0.25) is 5.55 Å². The summed E-state index contributed by atoms with van der Waals surface area (Å²) in [6.07, 6.45) is 8.05. The Kier molecular flexibility index (Phi) is 7.88. The lowest BCUT2D eigenvalue weighted by atomic mass is 9.79. The molecule has 2 N–H and O–H groups in total. The van der Waals surface area contributed by atoms with Gasteiger partial charge in [0.1, 0.15) is 28.6 Å². The molecule has 1 aliphatic carbocycles.